The molecule has 0 fully saturated rings. The fourth-order valence-electron chi connectivity index (χ4n) is 1.23. The molecule has 0 bridgehead atoms. The van der Waals surface area contributed by atoms with Crippen molar-refractivity contribution in [2.75, 3.05) is 6.61 Å². The van der Waals surface area contributed by atoms with Crippen LogP contribution in [0.5, 0.6) is 0 Å². The molecular formula is C14H16O3. The van der Waals surface area contributed by atoms with Gasteiger partial charge in [-0.15, -0.1) is 0 Å². The van der Waals surface area contributed by atoms with Crippen LogP contribution in [-0.4, -0.2) is 23.8 Å². The van der Waals surface area contributed by atoms with Gasteiger partial charge in [-0.1, -0.05) is 49.1 Å². The van der Waals surface area contributed by atoms with Crippen LogP contribution < -0.4 is 0 Å². The van der Waals surface area contributed by atoms with Gasteiger partial charge >= 0.3 is 5.97 Å². The Hall–Kier alpha value is -1.87. The van der Waals surface area contributed by atoms with E-state index in [9.17, 15) is 9.90 Å². The molecule has 1 N–H and O–H groups in total. The number of carbonyl (C=O) groups excluding carboxylic acids is 1. The largest absolute Gasteiger partial charge is 0.463 e. The molecule has 0 spiro atoms. The molecule has 1 rings (SSSR count). The zero-order valence-corrected chi connectivity index (χ0v) is 9.80. The summed E-state index contributed by atoms with van der Waals surface area (Å²) in [6, 6.07) is 9.50. The smallest absolute Gasteiger partial charge is 0.336 e. The molecule has 0 aromatic heterocycles. The van der Waals surface area contributed by atoms with E-state index in [2.05, 4.69) is 6.58 Å². The molecule has 0 aliphatic heterocycles. The monoisotopic (exact) mass is 232 g/mol. The summed E-state index contributed by atoms with van der Waals surface area (Å²) in [6.07, 6.45) is 2.22. The third-order valence-corrected chi connectivity index (χ3v) is 2.17. The molecule has 3 heteroatoms. The van der Waals surface area contributed by atoms with Crippen LogP contribution in [0, 0.1) is 0 Å². The molecule has 3 nitrogen and oxygen atoms in total. The Morgan fingerprint density at radius 2 is 2.12 bits per heavy atom. The van der Waals surface area contributed by atoms with Gasteiger partial charge in [-0.05, 0) is 12.5 Å². The van der Waals surface area contributed by atoms with E-state index in [1.807, 2.05) is 30.3 Å². The van der Waals surface area contributed by atoms with Crippen molar-refractivity contribution in [2.24, 2.45) is 0 Å². The maximum atomic E-state index is 11.3. The third-order valence-electron chi connectivity index (χ3n) is 2.17. The topological polar surface area (TPSA) is 46.5 Å². The summed E-state index contributed by atoms with van der Waals surface area (Å²) < 4.78 is 4.74. The highest BCUT2D eigenvalue weighted by atomic mass is 16.5. The molecule has 0 radical (unpaired) electrons. The highest BCUT2D eigenvalue weighted by Gasteiger charge is 2.14. The van der Waals surface area contributed by atoms with Gasteiger partial charge in [-0.3, -0.25) is 0 Å². The summed E-state index contributed by atoms with van der Waals surface area (Å²) in [4.78, 5) is 11.3. The Bertz CT molecular complexity index is 407. The Labute approximate surface area is 101 Å². The number of carbonyl (C=O) groups is 1. The maximum Gasteiger partial charge on any atom is 0.336 e. The minimum absolute atomic E-state index is 0.0408. The number of hydrogen-bond donors (Lipinski definition) is 1. The molecule has 1 aromatic carbocycles. The molecule has 1 atom stereocenters. The van der Waals surface area contributed by atoms with E-state index in [-0.39, 0.29) is 12.2 Å². The average Bonchev–Trinajstić information content (AvgIpc) is 2.36. The first-order valence-corrected chi connectivity index (χ1v) is 5.42. The fourth-order valence-corrected chi connectivity index (χ4v) is 1.23. The van der Waals surface area contributed by atoms with Gasteiger partial charge in [0.25, 0.3) is 0 Å². The normalized spacial score (nSPS) is 12.4. The fraction of sp³-hybridized carbons (Fsp3) is 0.214. The van der Waals surface area contributed by atoms with Gasteiger partial charge in [-0.25, -0.2) is 4.79 Å². The second-order valence-electron chi connectivity index (χ2n) is 3.46. The van der Waals surface area contributed by atoms with Crippen LogP contribution in [0.25, 0.3) is 6.08 Å². The number of ether oxygens (including phenoxy) is 1. The van der Waals surface area contributed by atoms with Crippen LogP contribution in [0.15, 0.2) is 48.6 Å². The van der Waals surface area contributed by atoms with Gasteiger partial charge < -0.3 is 9.84 Å². The molecule has 0 amide bonds. The summed E-state index contributed by atoms with van der Waals surface area (Å²) in [5, 5.41) is 9.69. The first kappa shape index (κ1) is 13.2. The predicted octanol–water partition coefficient (Wildman–Crippen LogP) is 2.18. The van der Waals surface area contributed by atoms with E-state index in [0.717, 1.165) is 5.56 Å². The minimum Gasteiger partial charge on any atom is -0.463 e. The van der Waals surface area contributed by atoms with Crippen LogP contribution in [0.3, 0.4) is 0 Å². The quantitative estimate of drug-likeness (QED) is 0.625. The first-order chi connectivity index (χ1) is 8.15. The number of aliphatic hydroxyl groups is 1. The van der Waals surface area contributed by atoms with E-state index < -0.39 is 12.1 Å². The van der Waals surface area contributed by atoms with E-state index in [1.54, 1.807) is 13.0 Å². The standard InChI is InChI=1S/C14H16O3/c1-3-17-14(16)11(2)13(15)10-9-12-7-5-4-6-8-12/h4-10,13,15H,2-3H2,1H3/b10-9+. The number of benzene rings is 1. The molecule has 1 unspecified atom stereocenters. The predicted molar refractivity (Wildman–Crippen MR) is 67.3 cm³/mol. The van der Waals surface area contributed by atoms with Crippen LogP contribution >= 0.6 is 0 Å². The van der Waals surface area contributed by atoms with Crippen molar-refractivity contribution >= 4 is 12.0 Å². The zero-order valence-electron chi connectivity index (χ0n) is 9.80. The van der Waals surface area contributed by atoms with Crippen molar-refractivity contribution in [3.05, 3.63) is 54.1 Å². The Balaban J connectivity index is 2.60. The molecule has 90 valence electrons. The van der Waals surface area contributed by atoms with E-state index in [4.69, 9.17) is 4.74 Å². The lowest BCUT2D eigenvalue weighted by atomic mass is 10.1. The average molecular weight is 232 g/mol. The third kappa shape index (κ3) is 4.25. The van der Waals surface area contributed by atoms with Crippen molar-refractivity contribution in [3.8, 4) is 0 Å². The second-order valence-corrected chi connectivity index (χ2v) is 3.46. The van der Waals surface area contributed by atoms with Crippen LogP contribution in [0.4, 0.5) is 0 Å². The highest BCUT2D eigenvalue weighted by molar-refractivity contribution is 5.89. The van der Waals surface area contributed by atoms with Gasteiger partial charge in [0.2, 0.25) is 0 Å². The van der Waals surface area contributed by atoms with Gasteiger partial charge in [0.1, 0.15) is 6.10 Å². The van der Waals surface area contributed by atoms with Crippen molar-refractivity contribution in [1.82, 2.24) is 0 Å². The van der Waals surface area contributed by atoms with Crippen LogP contribution in [0.1, 0.15) is 12.5 Å². The SMILES string of the molecule is C=C(C(=O)OCC)C(O)/C=C/c1ccccc1. The summed E-state index contributed by atoms with van der Waals surface area (Å²) in [5.41, 5.74) is 0.988. The molecule has 0 saturated carbocycles. The van der Waals surface area contributed by atoms with Crippen LogP contribution in [0.2, 0.25) is 0 Å². The van der Waals surface area contributed by atoms with Gasteiger partial charge in [-0.2, -0.15) is 0 Å². The molecule has 1 aromatic rings. The molecular weight excluding hydrogens is 216 g/mol. The summed E-state index contributed by atoms with van der Waals surface area (Å²) >= 11 is 0. The number of esters is 1. The molecule has 0 aliphatic rings. The first-order valence-electron chi connectivity index (χ1n) is 5.42. The lowest BCUT2D eigenvalue weighted by Gasteiger charge is -2.08. The number of rotatable bonds is 5. The highest BCUT2D eigenvalue weighted by Crippen LogP contribution is 2.07. The lowest BCUT2D eigenvalue weighted by Crippen LogP contribution is -2.17. The summed E-state index contributed by atoms with van der Waals surface area (Å²) in [7, 11) is 0. The molecule has 0 saturated heterocycles. The molecule has 0 heterocycles. The summed E-state index contributed by atoms with van der Waals surface area (Å²) in [5.74, 6) is -0.572. The van der Waals surface area contributed by atoms with Crippen LogP contribution in [-0.2, 0) is 9.53 Å². The molecule has 0 aliphatic carbocycles. The van der Waals surface area contributed by atoms with E-state index >= 15 is 0 Å². The Kier molecular flexibility index (Phi) is 5.17. The number of hydrogen-bond acceptors (Lipinski definition) is 3. The second kappa shape index (κ2) is 6.66. The van der Waals surface area contributed by atoms with Gasteiger partial charge in [0.05, 0.1) is 12.2 Å². The minimum atomic E-state index is -1.02. The van der Waals surface area contributed by atoms with Crippen molar-refractivity contribution < 1.29 is 14.6 Å². The van der Waals surface area contributed by atoms with E-state index in [0.29, 0.717) is 0 Å². The summed E-state index contributed by atoms with van der Waals surface area (Å²) in [6.45, 7) is 5.49. The van der Waals surface area contributed by atoms with Crippen molar-refractivity contribution in [3.63, 3.8) is 0 Å². The van der Waals surface area contributed by atoms with Gasteiger partial charge in [0.15, 0.2) is 0 Å². The van der Waals surface area contributed by atoms with Crippen molar-refractivity contribution in [2.45, 2.75) is 13.0 Å². The maximum absolute atomic E-state index is 11.3. The zero-order chi connectivity index (χ0) is 12.7. The number of aliphatic hydroxyl groups excluding tert-OH is 1. The Morgan fingerprint density at radius 3 is 2.71 bits per heavy atom. The van der Waals surface area contributed by atoms with Crippen molar-refractivity contribution in [1.29, 1.82) is 0 Å². The lowest BCUT2D eigenvalue weighted by molar-refractivity contribution is -0.139. The van der Waals surface area contributed by atoms with Gasteiger partial charge in [0, 0.05) is 0 Å². The molecule has 17 heavy (non-hydrogen) atoms. The Morgan fingerprint density at radius 1 is 1.47 bits per heavy atom. The van der Waals surface area contributed by atoms with E-state index in [1.165, 1.54) is 6.08 Å².